The summed E-state index contributed by atoms with van der Waals surface area (Å²) in [4.78, 5) is 16.1. The summed E-state index contributed by atoms with van der Waals surface area (Å²) in [6, 6.07) is 22.5. The van der Waals surface area contributed by atoms with Crippen molar-refractivity contribution in [3.05, 3.63) is 116 Å². The van der Waals surface area contributed by atoms with Crippen molar-refractivity contribution in [2.45, 2.75) is 66.4 Å². The van der Waals surface area contributed by atoms with Gasteiger partial charge in [-0.15, -0.1) is 0 Å². The number of aryl methyl sites for hydroxylation is 2. The molecule has 0 spiro atoms. The van der Waals surface area contributed by atoms with Gasteiger partial charge in [-0.3, -0.25) is 9.69 Å². The van der Waals surface area contributed by atoms with Gasteiger partial charge < -0.3 is 10.5 Å². The predicted molar refractivity (Wildman–Crippen MR) is 167 cm³/mol. The van der Waals surface area contributed by atoms with Crippen LogP contribution in [-0.4, -0.2) is 5.78 Å². The van der Waals surface area contributed by atoms with Crippen molar-refractivity contribution in [2.75, 3.05) is 4.90 Å². The van der Waals surface area contributed by atoms with Crippen LogP contribution >= 0.6 is 15.9 Å². The molecule has 41 heavy (non-hydrogen) atoms. The van der Waals surface area contributed by atoms with Crippen molar-refractivity contribution in [1.29, 1.82) is 5.26 Å². The molecule has 210 valence electrons. The van der Waals surface area contributed by atoms with Gasteiger partial charge in [-0.05, 0) is 84.7 Å². The fourth-order valence-electron chi connectivity index (χ4n) is 6.23. The van der Waals surface area contributed by atoms with Crippen LogP contribution < -0.4 is 15.4 Å². The average Bonchev–Trinajstić information content (AvgIpc) is 2.93. The third-order valence-electron chi connectivity index (χ3n) is 8.21. The molecule has 0 bridgehead atoms. The van der Waals surface area contributed by atoms with Crippen molar-refractivity contribution < 1.29 is 9.53 Å². The molecular formula is C35H36BrN3O2. The van der Waals surface area contributed by atoms with Gasteiger partial charge in [-0.25, -0.2) is 0 Å². The number of benzene rings is 3. The van der Waals surface area contributed by atoms with E-state index in [1.54, 1.807) is 0 Å². The molecule has 2 N–H and O–H groups in total. The van der Waals surface area contributed by atoms with E-state index in [0.29, 0.717) is 36.4 Å². The number of nitrogens with zero attached hydrogens (tertiary/aromatic N) is 2. The summed E-state index contributed by atoms with van der Waals surface area (Å²) < 4.78 is 7.14. The Kier molecular flexibility index (Phi) is 7.85. The van der Waals surface area contributed by atoms with Crippen LogP contribution in [0, 0.1) is 30.6 Å². The molecule has 0 aromatic heterocycles. The number of anilines is 1. The molecule has 0 amide bonds. The molecule has 0 saturated heterocycles. The minimum atomic E-state index is -0.532. The normalized spacial score (nSPS) is 18.3. The van der Waals surface area contributed by atoms with Gasteiger partial charge in [0.25, 0.3) is 0 Å². The summed E-state index contributed by atoms with van der Waals surface area (Å²) in [6.07, 6.45) is 1.92. The fourth-order valence-corrected chi connectivity index (χ4v) is 6.49. The molecule has 1 aliphatic heterocycles. The highest BCUT2D eigenvalue weighted by atomic mass is 79.9. The molecule has 1 aliphatic carbocycles. The van der Waals surface area contributed by atoms with Gasteiger partial charge in [0, 0.05) is 22.2 Å². The van der Waals surface area contributed by atoms with Crippen LogP contribution in [-0.2, 0) is 17.8 Å². The van der Waals surface area contributed by atoms with Crippen molar-refractivity contribution in [1.82, 2.24) is 0 Å². The Morgan fingerprint density at radius 3 is 2.46 bits per heavy atom. The number of Topliss-reactive ketones (excluding diaryl/α,β-unsaturated/α-hetero) is 1. The lowest BCUT2D eigenvalue weighted by atomic mass is 9.67. The molecule has 6 heteroatoms. The largest absolute Gasteiger partial charge is 0.489 e. The van der Waals surface area contributed by atoms with Gasteiger partial charge in [0.05, 0.1) is 23.2 Å². The Labute approximate surface area is 251 Å². The SMILES string of the molecule is CCc1ccccc1N1C(N)=C(C#N)C(c2cc(C)cc(COc3ccc(Br)cc3)c2C)C2=C1CC(C)(C)CC2=O. The van der Waals surface area contributed by atoms with E-state index in [0.717, 1.165) is 55.8 Å². The number of para-hydroxylation sites is 1. The first-order valence-electron chi connectivity index (χ1n) is 14.1. The molecule has 1 unspecified atom stereocenters. The molecule has 1 atom stereocenters. The van der Waals surface area contributed by atoms with Crippen LogP contribution in [0.3, 0.4) is 0 Å². The van der Waals surface area contributed by atoms with Gasteiger partial charge in [0.1, 0.15) is 18.2 Å². The number of nitriles is 1. The van der Waals surface area contributed by atoms with Gasteiger partial charge in [-0.1, -0.05) is 72.6 Å². The van der Waals surface area contributed by atoms with E-state index < -0.39 is 5.92 Å². The smallest absolute Gasteiger partial charge is 0.162 e. The van der Waals surface area contributed by atoms with Crippen LogP contribution in [0.15, 0.2) is 87.8 Å². The van der Waals surface area contributed by atoms with E-state index in [-0.39, 0.29) is 11.2 Å². The minimum absolute atomic E-state index is 0.0778. The third kappa shape index (κ3) is 5.44. The maximum atomic E-state index is 14.1. The highest BCUT2D eigenvalue weighted by Crippen LogP contribution is 2.51. The summed E-state index contributed by atoms with van der Waals surface area (Å²) in [5, 5.41) is 10.6. The molecule has 0 saturated carbocycles. The second kappa shape index (κ2) is 11.2. The Morgan fingerprint density at radius 1 is 1.07 bits per heavy atom. The first-order chi connectivity index (χ1) is 19.5. The zero-order valence-electron chi connectivity index (χ0n) is 24.3. The highest BCUT2D eigenvalue weighted by Gasteiger charge is 2.45. The van der Waals surface area contributed by atoms with Crippen LogP contribution in [0.25, 0.3) is 0 Å². The predicted octanol–water partition coefficient (Wildman–Crippen LogP) is 8.15. The number of hydrogen-bond acceptors (Lipinski definition) is 5. The molecule has 0 radical (unpaired) electrons. The average molecular weight is 611 g/mol. The van der Waals surface area contributed by atoms with E-state index in [1.165, 1.54) is 0 Å². The molecule has 3 aromatic rings. The van der Waals surface area contributed by atoms with E-state index in [1.807, 2.05) is 54.3 Å². The van der Waals surface area contributed by atoms with Gasteiger partial charge >= 0.3 is 0 Å². The number of rotatable bonds is 6. The molecule has 0 fully saturated rings. The van der Waals surface area contributed by atoms with E-state index >= 15 is 0 Å². The zero-order chi connectivity index (χ0) is 29.5. The van der Waals surface area contributed by atoms with Gasteiger partial charge in [0.2, 0.25) is 0 Å². The summed E-state index contributed by atoms with van der Waals surface area (Å²) in [5.41, 5.74) is 14.8. The molecule has 1 heterocycles. The molecule has 3 aromatic carbocycles. The fraction of sp³-hybridized carbons (Fsp3) is 0.314. The Morgan fingerprint density at radius 2 is 1.78 bits per heavy atom. The first-order valence-corrected chi connectivity index (χ1v) is 14.9. The van der Waals surface area contributed by atoms with E-state index in [9.17, 15) is 10.1 Å². The lowest BCUT2D eigenvalue weighted by Gasteiger charge is -2.44. The summed E-state index contributed by atoms with van der Waals surface area (Å²) in [6.45, 7) is 10.8. The maximum Gasteiger partial charge on any atom is 0.162 e. The number of carbonyl (C=O) groups is 1. The first kappa shape index (κ1) is 28.7. The van der Waals surface area contributed by atoms with E-state index in [4.69, 9.17) is 10.5 Å². The van der Waals surface area contributed by atoms with Crippen molar-refractivity contribution in [2.24, 2.45) is 11.1 Å². The monoisotopic (exact) mass is 609 g/mol. The van der Waals surface area contributed by atoms with Crippen LogP contribution in [0.5, 0.6) is 5.75 Å². The van der Waals surface area contributed by atoms with Crippen molar-refractivity contribution in [3.63, 3.8) is 0 Å². The van der Waals surface area contributed by atoms with E-state index in [2.05, 4.69) is 67.9 Å². The molecular weight excluding hydrogens is 574 g/mol. The number of nitrogens with two attached hydrogens (primary N) is 1. The Bertz CT molecular complexity index is 1630. The summed E-state index contributed by atoms with van der Waals surface area (Å²) >= 11 is 3.47. The van der Waals surface area contributed by atoms with Crippen molar-refractivity contribution in [3.8, 4) is 11.8 Å². The number of ketones is 1. The van der Waals surface area contributed by atoms with Crippen LogP contribution in [0.2, 0.25) is 0 Å². The second-order valence-electron chi connectivity index (χ2n) is 11.8. The van der Waals surface area contributed by atoms with Gasteiger partial charge in [0.15, 0.2) is 5.78 Å². The number of allylic oxidation sites excluding steroid dienone is 3. The van der Waals surface area contributed by atoms with Crippen molar-refractivity contribution >= 4 is 27.4 Å². The highest BCUT2D eigenvalue weighted by molar-refractivity contribution is 9.10. The Balaban J connectivity index is 1.68. The number of ether oxygens (including phenoxy) is 1. The van der Waals surface area contributed by atoms with Crippen LogP contribution in [0.4, 0.5) is 5.69 Å². The lowest BCUT2D eigenvalue weighted by Crippen LogP contribution is -2.42. The number of carbonyl (C=O) groups excluding carboxylic acids is 1. The Hall–Kier alpha value is -3.82. The molecule has 5 rings (SSSR count). The third-order valence-corrected chi connectivity index (χ3v) is 8.74. The quantitative estimate of drug-likeness (QED) is 0.305. The standard InChI is InChI=1S/C35H36BrN3O2/c1-6-23-9-7-8-10-29(23)39-30-17-35(4,5)18-31(40)33(30)32(28(19-37)34(39)38)27-16-21(2)15-24(22(27)3)20-41-26-13-11-25(36)12-14-26/h7-16,32H,6,17-18,20,38H2,1-5H3. The zero-order valence-corrected chi connectivity index (χ0v) is 25.9. The molecule has 5 nitrogen and oxygen atoms in total. The maximum absolute atomic E-state index is 14.1. The number of halogens is 1. The summed E-state index contributed by atoms with van der Waals surface area (Å²) in [5.74, 6) is 0.718. The topological polar surface area (TPSA) is 79.3 Å². The van der Waals surface area contributed by atoms with Gasteiger partial charge in [-0.2, -0.15) is 5.26 Å². The van der Waals surface area contributed by atoms with Crippen LogP contribution in [0.1, 0.15) is 67.3 Å². The minimum Gasteiger partial charge on any atom is -0.489 e. The second-order valence-corrected chi connectivity index (χ2v) is 12.8. The number of hydrogen-bond donors (Lipinski definition) is 1. The molecule has 2 aliphatic rings. The summed E-state index contributed by atoms with van der Waals surface area (Å²) in [7, 11) is 0. The lowest BCUT2D eigenvalue weighted by molar-refractivity contribution is -0.118.